The molecule has 0 aliphatic carbocycles. The number of hydrogen-bond acceptors (Lipinski definition) is 2. The molecule has 0 spiro atoms. The highest BCUT2D eigenvalue weighted by molar-refractivity contribution is 5.81. The van der Waals surface area contributed by atoms with Gasteiger partial charge in [0.15, 0.2) is 0 Å². The molecule has 0 bridgehead atoms. The summed E-state index contributed by atoms with van der Waals surface area (Å²) in [6.07, 6.45) is 0.570. The fourth-order valence-electron chi connectivity index (χ4n) is 2.04. The number of halogens is 1. The fourth-order valence-corrected chi connectivity index (χ4v) is 2.04. The van der Waals surface area contributed by atoms with Crippen molar-refractivity contribution < 1.29 is 9.18 Å². The Morgan fingerprint density at radius 2 is 2.00 bits per heavy atom. The van der Waals surface area contributed by atoms with Crippen molar-refractivity contribution in [1.29, 1.82) is 0 Å². The topological polar surface area (TPSA) is 32.3 Å². The van der Waals surface area contributed by atoms with E-state index in [1.165, 1.54) is 6.07 Å². The van der Waals surface area contributed by atoms with Crippen molar-refractivity contribution in [2.45, 2.75) is 39.3 Å². The minimum absolute atomic E-state index is 0.0427. The summed E-state index contributed by atoms with van der Waals surface area (Å²) in [5.41, 5.74) is 0.672. The number of carbonyl (C=O) groups is 1. The van der Waals surface area contributed by atoms with Gasteiger partial charge in [0, 0.05) is 19.6 Å². The van der Waals surface area contributed by atoms with Crippen LogP contribution < -0.4 is 5.32 Å². The van der Waals surface area contributed by atoms with Crippen molar-refractivity contribution in [3.8, 4) is 0 Å². The molecule has 0 aliphatic rings. The van der Waals surface area contributed by atoms with Gasteiger partial charge in [-0.3, -0.25) is 4.79 Å². The molecule has 4 heteroatoms. The van der Waals surface area contributed by atoms with Crippen molar-refractivity contribution in [3.05, 3.63) is 35.6 Å². The van der Waals surface area contributed by atoms with Crippen LogP contribution in [0, 0.1) is 5.82 Å². The molecular formula is C15H23FN2O. The van der Waals surface area contributed by atoms with Gasteiger partial charge in [-0.25, -0.2) is 4.39 Å². The number of hydrogen-bond donors (Lipinski definition) is 1. The van der Waals surface area contributed by atoms with Crippen molar-refractivity contribution in [3.63, 3.8) is 0 Å². The first-order valence-electron chi connectivity index (χ1n) is 6.70. The van der Waals surface area contributed by atoms with Gasteiger partial charge in [0.1, 0.15) is 5.82 Å². The molecule has 0 aromatic heterocycles. The van der Waals surface area contributed by atoms with Crippen LogP contribution in [-0.4, -0.2) is 36.5 Å². The van der Waals surface area contributed by atoms with E-state index < -0.39 is 0 Å². The zero-order valence-corrected chi connectivity index (χ0v) is 12.1. The molecule has 19 heavy (non-hydrogen) atoms. The summed E-state index contributed by atoms with van der Waals surface area (Å²) in [5, 5.41) is 3.21. The molecule has 1 aromatic carbocycles. The van der Waals surface area contributed by atoms with Crippen LogP contribution in [0.5, 0.6) is 0 Å². The average Bonchev–Trinajstić information content (AvgIpc) is 2.39. The second-order valence-electron chi connectivity index (χ2n) is 4.94. The number of nitrogens with zero attached hydrogens (tertiary/aromatic N) is 1. The summed E-state index contributed by atoms with van der Waals surface area (Å²) in [6.45, 7) is 6.43. The van der Waals surface area contributed by atoms with Gasteiger partial charge in [0.25, 0.3) is 0 Å². The Balaban J connectivity index is 2.54. The van der Waals surface area contributed by atoms with Crippen molar-refractivity contribution in [2.75, 3.05) is 13.6 Å². The predicted octanol–water partition coefficient (Wildman–Crippen LogP) is 2.21. The maximum atomic E-state index is 13.5. The van der Waals surface area contributed by atoms with E-state index in [4.69, 9.17) is 0 Å². The molecule has 0 aliphatic heterocycles. The van der Waals surface area contributed by atoms with Gasteiger partial charge in [-0.1, -0.05) is 18.2 Å². The summed E-state index contributed by atoms with van der Waals surface area (Å²) in [5.74, 6) is -0.135. The molecule has 1 aromatic rings. The van der Waals surface area contributed by atoms with E-state index in [-0.39, 0.29) is 23.8 Å². The predicted molar refractivity (Wildman–Crippen MR) is 75.5 cm³/mol. The first-order valence-corrected chi connectivity index (χ1v) is 6.70. The fraction of sp³-hybridized carbons (Fsp3) is 0.533. The number of rotatable bonds is 6. The molecule has 1 rings (SSSR count). The van der Waals surface area contributed by atoms with Crippen LogP contribution in [0.2, 0.25) is 0 Å². The summed E-state index contributed by atoms with van der Waals surface area (Å²) < 4.78 is 13.5. The Hall–Kier alpha value is -1.42. The highest BCUT2D eigenvalue weighted by Gasteiger charge is 2.18. The van der Waals surface area contributed by atoms with E-state index in [9.17, 15) is 9.18 Å². The summed E-state index contributed by atoms with van der Waals surface area (Å²) >= 11 is 0. The van der Waals surface area contributed by atoms with Gasteiger partial charge in [-0.15, -0.1) is 0 Å². The van der Waals surface area contributed by atoms with Gasteiger partial charge in [0.05, 0.1) is 6.04 Å². The largest absolute Gasteiger partial charge is 0.345 e. The number of likely N-dealkylation sites (N-methyl/N-ethyl adjacent to an activating group) is 1. The van der Waals surface area contributed by atoms with Crippen molar-refractivity contribution in [2.24, 2.45) is 0 Å². The Morgan fingerprint density at radius 3 is 2.58 bits per heavy atom. The lowest BCUT2D eigenvalue weighted by molar-refractivity contribution is -0.131. The molecule has 3 nitrogen and oxygen atoms in total. The van der Waals surface area contributed by atoms with Crippen LogP contribution in [0.3, 0.4) is 0 Å². The first-order chi connectivity index (χ1) is 8.95. The Labute approximate surface area is 114 Å². The number of carbonyl (C=O) groups excluding carboxylic acids is 1. The molecule has 106 valence electrons. The Morgan fingerprint density at radius 1 is 1.37 bits per heavy atom. The summed E-state index contributed by atoms with van der Waals surface area (Å²) in [4.78, 5) is 13.6. The first kappa shape index (κ1) is 15.6. The minimum atomic E-state index is -0.258. The van der Waals surface area contributed by atoms with Gasteiger partial charge >= 0.3 is 0 Å². The summed E-state index contributed by atoms with van der Waals surface area (Å²) in [7, 11) is 1.78. The third-order valence-corrected chi connectivity index (χ3v) is 3.24. The number of nitrogens with one attached hydrogen (secondary N) is 1. The van der Waals surface area contributed by atoms with Gasteiger partial charge in [0.2, 0.25) is 5.91 Å². The third-order valence-electron chi connectivity index (χ3n) is 3.24. The molecule has 0 radical (unpaired) electrons. The minimum Gasteiger partial charge on any atom is -0.345 e. The second kappa shape index (κ2) is 7.24. The van der Waals surface area contributed by atoms with Crippen LogP contribution in [0.25, 0.3) is 0 Å². The van der Waals surface area contributed by atoms with E-state index in [1.54, 1.807) is 24.1 Å². The van der Waals surface area contributed by atoms with Crippen LogP contribution in [0.15, 0.2) is 24.3 Å². The van der Waals surface area contributed by atoms with Gasteiger partial charge in [-0.05, 0) is 38.8 Å². The molecular weight excluding hydrogens is 243 g/mol. The molecule has 0 saturated carbocycles. The maximum absolute atomic E-state index is 13.5. The van der Waals surface area contributed by atoms with Crippen LogP contribution in [0.4, 0.5) is 4.39 Å². The molecule has 1 N–H and O–H groups in total. The van der Waals surface area contributed by atoms with Crippen molar-refractivity contribution in [1.82, 2.24) is 10.2 Å². The molecule has 1 amide bonds. The quantitative estimate of drug-likeness (QED) is 0.856. The highest BCUT2D eigenvalue weighted by Crippen LogP contribution is 2.09. The zero-order valence-electron chi connectivity index (χ0n) is 12.1. The second-order valence-corrected chi connectivity index (χ2v) is 4.94. The summed E-state index contributed by atoms with van der Waals surface area (Å²) in [6, 6.07) is 6.52. The Bertz CT molecular complexity index is 422. The smallest absolute Gasteiger partial charge is 0.239 e. The maximum Gasteiger partial charge on any atom is 0.239 e. The van der Waals surface area contributed by atoms with Crippen LogP contribution in [0.1, 0.15) is 26.3 Å². The molecule has 0 saturated heterocycles. The third kappa shape index (κ3) is 4.63. The van der Waals surface area contributed by atoms with Crippen LogP contribution in [-0.2, 0) is 11.2 Å². The highest BCUT2D eigenvalue weighted by atomic mass is 19.1. The SMILES string of the molecule is CCN(C)C(=O)C(C)NC(C)Cc1ccccc1F. The molecule has 0 heterocycles. The monoisotopic (exact) mass is 266 g/mol. The van der Waals surface area contributed by atoms with Crippen LogP contribution >= 0.6 is 0 Å². The lowest BCUT2D eigenvalue weighted by Crippen LogP contribution is -2.46. The van der Waals surface area contributed by atoms with Crippen molar-refractivity contribution >= 4 is 5.91 Å². The van der Waals surface area contributed by atoms with E-state index >= 15 is 0 Å². The van der Waals surface area contributed by atoms with Gasteiger partial charge in [-0.2, -0.15) is 0 Å². The lowest BCUT2D eigenvalue weighted by Gasteiger charge is -2.24. The normalized spacial score (nSPS) is 13.9. The number of benzene rings is 1. The number of amides is 1. The van der Waals surface area contributed by atoms with E-state index in [0.717, 1.165) is 0 Å². The zero-order chi connectivity index (χ0) is 14.4. The standard InChI is InChI=1S/C15H23FN2O/c1-5-18(4)15(19)12(3)17-11(2)10-13-8-6-7-9-14(13)16/h6-9,11-12,17H,5,10H2,1-4H3. The van der Waals surface area contributed by atoms with E-state index in [1.807, 2.05) is 26.8 Å². The molecule has 0 fully saturated rings. The average molecular weight is 266 g/mol. The molecule has 2 atom stereocenters. The van der Waals surface area contributed by atoms with Gasteiger partial charge < -0.3 is 10.2 Å². The lowest BCUT2D eigenvalue weighted by atomic mass is 10.1. The van der Waals surface area contributed by atoms with E-state index in [2.05, 4.69) is 5.32 Å². The van der Waals surface area contributed by atoms with E-state index in [0.29, 0.717) is 18.5 Å². The molecule has 2 unspecified atom stereocenters. The Kier molecular flexibility index (Phi) is 5.96.